The molecule has 1 unspecified atom stereocenters. The van der Waals surface area contributed by atoms with Crippen molar-refractivity contribution in [2.24, 2.45) is 0 Å². The molecule has 0 amide bonds. The lowest BCUT2D eigenvalue weighted by molar-refractivity contribution is -0.141. The molecule has 6 nitrogen and oxygen atoms in total. The first-order valence-corrected chi connectivity index (χ1v) is 7.94. The average Bonchev–Trinajstić information content (AvgIpc) is 3.02. The summed E-state index contributed by atoms with van der Waals surface area (Å²) in [6.07, 6.45) is 2.09. The second kappa shape index (κ2) is 6.47. The van der Waals surface area contributed by atoms with Crippen molar-refractivity contribution >= 4 is 16.0 Å². The lowest BCUT2D eigenvalue weighted by Crippen LogP contribution is -2.38. The fourth-order valence-corrected chi connectivity index (χ4v) is 3.64. The predicted molar refractivity (Wildman–Crippen MR) is 75.0 cm³/mol. The van der Waals surface area contributed by atoms with Gasteiger partial charge in [0.15, 0.2) is 11.6 Å². The highest BCUT2D eigenvalue weighted by molar-refractivity contribution is 7.89. The summed E-state index contributed by atoms with van der Waals surface area (Å²) in [4.78, 5) is 11.3. The highest BCUT2D eigenvalue weighted by atomic mass is 32.2. The van der Waals surface area contributed by atoms with Gasteiger partial charge in [-0.15, -0.1) is 0 Å². The molecule has 1 heterocycles. The fourth-order valence-electron chi connectivity index (χ4n) is 2.14. The van der Waals surface area contributed by atoms with Crippen LogP contribution in [0.3, 0.4) is 0 Å². The van der Waals surface area contributed by atoms with Crippen molar-refractivity contribution in [3.8, 4) is 0 Å². The van der Waals surface area contributed by atoms with E-state index >= 15 is 0 Å². The molecule has 0 radical (unpaired) electrons. The average molecular weight is 345 g/mol. The number of hydrogen-bond donors (Lipinski definition) is 1. The minimum atomic E-state index is -4.18. The van der Waals surface area contributed by atoms with E-state index in [-0.39, 0.29) is 17.0 Å². The van der Waals surface area contributed by atoms with Gasteiger partial charge in [-0.3, -0.25) is 4.79 Å². The van der Waals surface area contributed by atoms with Gasteiger partial charge in [0.1, 0.15) is 17.2 Å². The van der Waals surface area contributed by atoms with E-state index in [0.717, 1.165) is 24.7 Å². The molecule has 1 atom stereocenters. The number of aliphatic carboxylic acids is 1. The zero-order chi connectivity index (χ0) is 17.2. The van der Waals surface area contributed by atoms with Crippen molar-refractivity contribution in [3.05, 3.63) is 54.0 Å². The maximum Gasteiger partial charge on any atom is 0.326 e. The molecule has 1 aromatic heterocycles. The summed E-state index contributed by atoms with van der Waals surface area (Å²) in [6.45, 7) is 1.25. The van der Waals surface area contributed by atoms with Crippen LogP contribution in [0.25, 0.3) is 0 Å². The maximum atomic E-state index is 13.4. The van der Waals surface area contributed by atoms with Crippen molar-refractivity contribution in [1.29, 1.82) is 0 Å². The first kappa shape index (κ1) is 17.1. The molecule has 0 spiro atoms. The van der Waals surface area contributed by atoms with Crippen LogP contribution in [0.4, 0.5) is 8.78 Å². The van der Waals surface area contributed by atoms with E-state index in [1.54, 1.807) is 0 Å². The number of carboxylic acids is 1. The molecule has 2 rings (SSSR count). The van der Waals surface area contributed by atoms with Crippen molar-refractivity contribution in [2.45, 2.75) is 17.9 Å². The Balaban J connectivity index is 2.54. The lowest BCUT2D eigenvalue weighted by atomic mass is 10.1. The van der Waals surface area contributed by atoms with Crippen molar-refractivity contribution < 1.29 is 31.5 Å². The minimum Gasteiger partial charge on any atom is -0.480 e. The molecular formula is C14H13F2NO5S. The predicted octanol–water partition coefficient (Wildman–Crippen LogP) is 2.39. The number of sulfonamides is 1. The molecule has 0 bridgehead atoms. The van der Waals surface area contributed by atoms with Gasteiger partial charge in [0.2, 0.25) is 10.0 Å². The van der Waals surface area contributed by atoms with Gasteiger partial charge in [0.05, 0.1) is 6.26 Å². The Hall–Kier alpha value is -2.26. The summed E-state index contributed by atoms with van der Waals surface area (Å²) in [5, 5.41) is 9.40. The number of carbonyl (C=O) groups is 1. The Bertz CT molecular complexity index is 805. The molecule has 9 heteroatoms. The third kappa shape index (κ3) is 3.25. The molecule has 0 aliphatic rings. The highest BCUT2D eigenvalue weighted by Crippen LogP contribution is 2.29. The first-order valence-electron chi connectivity index (χ1n) is 6.50. The van der Waals surface area contributed by atoms with Gasteiger partial charge in [-0.05, 0) is 23.8 Å². The van der Waals surface area contributed by atoms with E-state index in [9.17, 15) is 27.1 Å². The van der Waals surface area contributed by atoms with Gasteiger partial charge >= 0.3 is 5.97 Å². The number of nitrogens with zero attached hydrogens (tertiary/aromatic N) is 1. The van der Waals surface area contributed by atoms with Gasteiger partial charge in [0, 0.05) is 6.54 Å². The summed E-state index contributed by atoms with van der Waals surface area (Å²) in [5.41, 5.74) is -0.190. The molecule has 0 saturated carbocycles. The number of furan rings is 1. The standard InChI is InChI=1S/C14H13F2NO5S/c1-2-17(23(20,21)10-5-6-22-8-10)13(14(18)19)9-3-4-11(15)12(16)7-9/h3-8,13H,2H2,1H3,(H,18,19). The molecule has 1 aromatic carbocycles. The summed E-state index contributed by atoms with van der Waals surface area (Å²) < 4.78 is 56.9. The molecule has 0 saturated heterocycles. The van der Waals surface area contributed by atoms with Gasteiger partial charge in [0.25, 0.3) is 0 Å². The molecule has 0 aliphatic heterocycles. The third-order valence-electron chi connectivity index (χ3n) is 3.19. The van der Waals surface area contributed by atoms with Crippen molar-refractivity contribution in [2.75, 3.05) is 6.54 Å². The number of hydrogen-bond acceptors (Lipinski definition) is 4. The molecule has 0 fully saturated rings. The smallest absolute Gasteiger partial charge is 0.326 e. The minimum absolute atomic E-state index is 0.190. The summed E-state index contributed by atoms with van der Waals surface area (Å²) in [6, 6.07) is 1.92. The highest BCUT2D eigenvalue weighted by Gasteiger charge is 2.36. The SMILES string of the molecule is CCN(C(C(=O)O)c1ccc(F)c(F)c1)S(=O)(=O)c1ccoc1. The molecule has 1 N–H and O–H groups in total. The van der Waals surface area contributed by atoms with E-state index < -0.39 is 33.7 Å². The van der Waals surface area contributed by atoms with Crippen LogP contribution < -0.4 is 0 Å². The molecule has 2 aromatic rings. The van der Waals surface area contributed by atoms with E-state index in [0.29, 0.717) is 10.4 Å². The van der Waals surface area contributed by atoms with Crippen LogP contribution in [0.2, 0.25) is 0 Å². The van der Waals surface area contributed by atoms with Crippen LogP contribution in [0.1, 0.15) is 18.5 Å². The van der Waals surface area contributed by atoms with Crippen LogP contribution in [-0.4, -0.2) is 30.3 Å². The second-order valence-corrected chi connectivity index (χ2v) is 6.47. The van der Waals surface area contributed by atoms with Gasteiger partial charge in [-0.1, -0.05) is 13.0 Å². The number of carboxylic acid groups (broad SMARTS) is 1. The van der Waals surface area contributed by atoms with Gasteiger partial charge in [-0.25, -0.2) is 17.2 Å². The van der Waals surface area contributed by atoms with Crippen LogP contribution in [0.5, 0.6) is 0 Å². The Morgan fingerprint density at radius 3 is 2.48 bits per heavy atom. The fraction of sp³-hybridized carbons (Fsp3) is 0.214. The van der Waals surface area contributed by atoms with Crippen LogP contribution in [0.15, 0.2) is 46.1 Å². The van der Waals surface area contributed by atoms with Crippen LogP contribution >= 0.6 is 0 Å². The first-order chi connectivity index (χ1) is 10.8. The molecule has 124 valence electrons. The third-order valence-corrected chi connectivity index (χ3v) is 5.11. The zero-order valence-electron chi connectivity index (χ0n) is 11.9. The molecular weight excluding hydrogens is 332 g/mol. The monoisotopic (exact) mass is 345 g/mol. The Morgan fingerprint density at radius 2 is 2.00 bits per heavy atom. The maximum absolute atomic E-state index is 13.4. The van der Waals surface area contributed by atoms with Gasteiger partial charge in [-0.2, -0.15) is 4.31 Å². The Kier molecular flexibility index (Phi) is 4.81. The number of rotatable bonds is 6. The largest absolute Gasteiger partial charge is 0.480 e. The van der Waals surface area contributed by atoms with Crippen molar-refractivity contribution in [1.82, 2.24) is 4.31 Å². The lowest BCUT2D eigenvalue weighted by Gasteiger charge is -2.26. The second-order valence-electron chi connectivity index (χ2n) is 4.58. The van der Waals surface area contributed by atoms with Crippen LogP contribution in [0, 0.1) is 11.6 Å². The normalized spacial score (nSPS) is 13.2. The summed E-state index contributed by atoms with van der Waals surface area (Å²) in [5.74, 6) is -3.92. The van der Waals surface area contributed by atoms with E-state index in [1.165, 1.54) is 13.0 Å². The van der Waals surface area contributed by atoms with Crippen molar-refractivity contribution in [3.63, 3.8) is 0 Å². The Morgan fingerprint density at radius 1 is 1.30 bits per heavy atom. The van der Waals surface area contributed by atoms with E-state index in [2.05, 4.69) is 0 Å². The van der Waals surface area contributed by atoms with E-state index in [4.69, 9.17) is 4.42 Å². The topological polar surface area (TPSA) is 87.8 Å². The van der Waals surface area contributed by atoms with Crippen LogP contribution in [-0.2, 0) is 14.8 Å². The van der Waals surface area contributed by atoms with E-state index in [1.807, 2.05) is 0 Å². The summed E-state index contributed by atoms with van der Waals surface area (Å²) in [7, 11) is -4.18. The van der Waals surface area contributed by atoms with Gasteiger partial charge < -0.3 is 9.52 Å². The number of likely N-dealkylation sites (N-methyl/N-ethyl adjacent to an activating group) is 1. The number of halogens is 2. The number of benzene rings is 1. The Labute approximate surface area is 131 Å². The zero-order valence-corrected chi connectivity index (χ0v) is 12.8. The molecule has 0 aliphatic carbocycles. The molecule has 23 heavy (non-hydrogen) atoms. The summed E-state index contributed by atoms with van der Waals surface area (Å²) >= 11 is 0. The quantitative estimate of drug-likeness (QED) is 0.868.